The van der Waals surface area contributed by atoms with E-state index in [0.29, 0.717) is 0 Å². The van der Waals surface area contributed by atoms with E-state index in [1.807, 2.05) is 50.2 Å². The van der Waals surface area contributed by atoms with Gasteiger partial charge in [-0.2, -0.15) is 0 Å². The van der Waals surface area contributed by atoms with Gasteiger partial charge in [0.25, 0.3) is 0 Å². The van der Waals surface area contributed by atoms with Crippen LogP contribution in [-0.4, -0.2) is 6.29 Å². The maximum absolute atomic E-state index is 11.1. The van der Waals surface area contributed by atoms with Crippen molar-refractivity contribution in [1.82, 2.24) is 0 Å². The molecular weight excluding hydrogens is 196 g/mol. The minimum absolute atomic E-state index is 0.789. The third kappa shape index (κ3) is 1.89. The summed E-state index contributed by atoms with van der Waals surface area (Å²) < 4.78 is 0. The van der Waals surface area contributed by atoms with E-state index >= 15 is 0 Å². The molecule has 0 atom stereocenters. The molecule has 0 saturated carbocycles. The molecule has 0 fully saturated rings. The number of benzene rings is 2. The van der Waals surface area contributed by atoms with Crippen LogP contribution in [0.3, 0.4) is 0 Å². The molecule has 0 aromatic heterocycles. The quantitative estimate of drug-likeness (QED) is 0.689. The van der Waals surface area contributed by atoms with Gasteiger partial charge in [-0.05, 0) is 30.5 Å². The highest BCUT2D eigenvalue weighted by Gasteiger charge is 2.07. The Morgan fingerprint density at radius 1 is 1.00 bits per heavy atom. The molecule has 0 saturated heterocycles. The van der Waals surface area contributed by atoms with Crippen LogP contribution in [0.25, 0.3) is 11.1 Å². The smallest absolute Gasteiger partial charge is 0.150 e. The Bertz CT molecular complexity index is 512. The van der Waals surface area contributed by atoms with Crippen LogP contribution in [0.4, 0.5) is 0 Å². The van der Waals surface area contributed by atoms with Gasteiger partial charge in [-0.25, -0.2) is 0 Å². The monoisotopic (exact) mass is 210 g/mol. The summed E-state index contributed by atoms with van der Waals surface area (Å²) in [4.78, 5) is 11.1. The molecule has 1 nitrogen and oxygen atoms in total. The Morgan fingerprint density at radius 3 is 2.31 bits per heavy atom. The highest BCUT2D eigenvalue weighted by atomic mass is 16.1. The fraction of sp³-hybridized carbons (Fsp3) is 0.133. The molecule has 0 aliphatic carbocycles. The molecular formula is C15H14O. The Labute approximate surface area is 95.7 Å². The summed E-state index contributed by atoms with van der Waals surface area (Å²) in [5.74, 6) is 0. The topological polar surface area (TPSA) is 17.1 Å². The minimum atomic E-state index is 0.789. The first-order valence-corrected chi connectivity index (χ1v) is 5.34. The molecule has 0 unspecified atom stereocenters. The van der Waals surface area contributed by atoms with Crippen LogP contribution in [0, 0.1) is 13.8 Å². The van der Waals surface area contributed by atoms with Gasteiger partial charge in [0.2, 0.25) is 0 Å². The van der Waals surface area contributed by atoms with Gasteiger partial charge < -0.3 is 0 Å². The summed E-state index contributed by atoms with van der Waals surface area (Å²) >= 11 is 0. The summed E-state index contributed by atoms with van der Waals surface area (Å²) in [7, 11) is 0. The molecule has 0 N–H and O–H groups in total. The largest absolute Gasteiger partial charge is 0.298 e. The summed E-state index contributed by atoms with van der Waals surface area (Å²) in [6, 6.07) is 14.1. The lowest BCUT2D eigenvalue weighted by Gasteiger charge is -2.09. The molecule has 16 heavy (non-hydrogen) atoms. The predicted molar refractivity (Wildman–Crippen MR) is 66.7 cm³/mol. The zero-order chi connectivity index (χ0) is 11.5. The summed E-state index contributed by atoms with van der Waals surface area (Å²) in [6.45, 7) is 4.02. The van der Waals surface area contributed by atoms with E-state index < -0.39 is 0 Å². The van der Waals surface area contributed by atoms with Crippen molar-refractivity contribution < 1.29 is 4.79 Å². The van der Waals surface area contributed by atoms with Crippen LogP contribution in [0.5, 0.6) is 0 Å². The first-order chi connectivity index (χ1) is 7.72. The standard InChI is InChI=1S/C15H14O/c1-11-8-12(2)15(10-16)14(9-11)13-6-4-3-5-7-13/h3-10H,1-2H3. The predicted octanol–water partition coefficient (Wildman–Crippen LogP) is 3.78. The van der Waals surface area contributed by atoms with Crippen molar-refractivity contribution in [3.63, 3.8) is 0 Å². The van der Waals surface area contributed by atoms with Crippen LogP contribution in [0.1, 0.15) is 21.5 Å². The summed E-state index contributed by atoms with van der Waals surface area (Å²) in [6.07, 6.45) is 0.942. The minimum Gasteiger partial charge on any atom is -0.298 e. The average Bonchev–Trinajstić information content (AvgIpc) is 2.29. The van der Waals surface area contributed by atoms with E-state index in [1.165, 1.54) is 5.56 Å². The van der Waals surface area contributed by atoms with E-state index in [2.05, 4.69) is 6.07 Å². The Morgan fingerprint density at radius 2 is 1.69 bits per heavy atom. The van der Waals surface area contributed by atoms with Gasteiger partial charge >= 0.3 is 0 Å². The van der Waals surface area contributed by atoms with Crippen LogP contribution < -0.4 is 0 Å². The van der Waals surface area contributed by atoms with Crippen molar-refractivity contribution in [1.29, 1.82) is 0 Å². The molecule has 2 aromatic rings. The van der Waals surface area contributed by atoms with E-state index in [-0.39, 0.29) is 0 Å². The Kier molecular flexibility index (Phi) is 2.86. The lowest BCUT2D eigenvalue weighted by Crippen LogP contribution is -1.93. The fourth-order valence-corrected chi connectivity index (χ4v) is 1.99. The fourth-order valence-electron chi connectivity index (χ4n) is 1.99. The molecule has 80 valence electrons. The van der Waals surface area contributed by atoms with Crippen molar-refractivity contribution in [2.45, 2.75) is 13.8 Å². The first kappa shape index (κ1) is 10.6. The molecule has 0 amide bonds. The number of hydrogen-bond acceptors (Lipinski definition) is 1. The number of aldehydes is 1. The van der Waals surface area contributed by atoms with Crippen molar-refractivity contribution in [2.75, 3.05) is 0 Å². The third-order valence-corrected chi connectivity index (χ3v) is 2.73. The molecule has 0 bridgehead atoms. The third-order valence-electron chi connectivity index (χ3n) is 2.73. The van der Waals surface area contributed by atoms with Gasteiger partial charge in [0, 0.05) is 5.56 Å². The first-order valence-electron chi connectivity index (χ1n) is 5.34. The van der Waals surface area contributed by atoms with Crippen LogP contribution in [0.2, 0.25) is 0 Å². The number of hydrogen-bond donors (Lipinski definition) is 0. The van der Waals surface area contributed by atoms with Gasteiger partial charge in [-0.3, -0.25) is 4.79 Å². The SMILES string of the molecule is Cc1cc(C)c(C=O)c(-c2ccccc2)c1. The molecule has 2 rings (SSSR count). The van der Waals surface area contributed by atoms with E-state index in [4.69, 9.17) is 0 Å². The van der Waals surface area contributed by atoms with Crippen molar-refractivity contribution in [3.8, 4) is 11.1 Å². The summed E-state index contributed by atoms with van der Waals surface area (Å²) in [5, 5.41) is 0. The zero-order valence-electron chi connectivity index (χ0n) is 9.53. The Hall–Kier alpha value is -1.89. The van der Waals surface area contributed by atoms with Gasteiger partial charge in [0.15, 0.2) is 6.29 Å². The molecule has 0 spiro atoms. The number of rotatable bonds is 2. The molecule has 0 radical (unpaired) electrons. The van der Waals surface area contributed by atoms with Gasteiger partial charge in [0.1, 0.15) is 0 Å². The van der Waals surface area contributed by atoms with Crippen molar-refractivity contribution in [2.24, 2.45) is 0 Å². The highest BCUT2D eigenvalue weighted by Crippen LogP contribution is 2.26. The van der Waals surface area contributed by atoms with Gasteiger partial charge in [0.05, 0.1) is 0 Å². The van der Waals surface area contributed by atoms with Crippen LogP contribution in [-0.2, 0) is 0 Å². The highest BCUT2D eigenvalue weighted by molar-refractivity contribution is 5.89. The lowest BCUT2D eigenvalue weighted by molar-refractivity contribution is 0.112. The van der Waals surface area contributed by atoms with E-state index in [1.54, 1.807) is 0 Å². The van der Waals surface area contributed by atoms with E-state index in [9.17, 15) is 4.79 Å². The maximum Gasteiger partial charge on any atom is 0.150 e. The summed E-state index contributed by atoms with van der Waals surface area (Å²) in [5.41, 5.74) is 5.12. The molecule has 1 heteroatoms. The molecule has 0 aliphatic heterocycles. The number of aryl methyl sites for hydroxylation is 2. The second kappa shape index (κ2) is 4.31. The molecule has 2 aromatic carbocycles. The van der Waals surface area contributed by atoms with Crippen molar-refractivity contribution >= 4 is 6.29 Å². The van der Waals surface area contributed by atoms with Crippen LogP contribution in [0.15, 0.2) is 42.5 Å². The molecule has 0 aliphatic rings. The average molecular weight is 210 g/mol. The second-order valence-electron chi connectivity index (χ2n) is 4.03. The normalized spacial score (nSPS) is 10.1. The second-order valence-corrected chi connectivity index (χ2v) is 4.03. The zero-order valence-corrected chi connectivity index (χ0v) is 9.53. The Balaban J connectivity index is 2.69. The van der Waals surface area contributed by atoms with Crippen molar-refractivity contribution in [3.05, 3.63) is 59.2 Å². The van der Waals surface area contributed by atoms with Crippen LogP contribution >= 0.6 is 0 Å². The number of carbonyl (C=O) groups is 1. The van der Waals surface area contributed by atoms with E-state index in [0.717, 1.165) is 28.5 Å². The van der Waals surface area contributed by atoms with Gasteiger partial charge in [-0.15, -0.1) is 0 Å². The maximum atomic E-state index is 11.1. The van der Waals surface area contributed by atoms with Gasteiger partial charge in [-0.1, -0.05) is 48.0 Å². The molecule has 0 heterocycles. The lowest BCUT2D eigenvalue weighted by atomic mass is 9.94. The number of carbonyl (C=O) groups excluding carboxylic acids is 1.